The number of hydrogen-bond donors (Lipinski definition) is 2. The molecular formula is C21H20FN5O. The first-order valence-corrected chi connectivity index (χ1v) is 8.94. The van der Waals surface area contributed by atoms with Gasteiger partial charge in [-0.05, 0) is 36.2 Å². The lowest BCUT2D eigenvalue weighted by atomic mass is 10.1. The molecule has 0 unspecified atom stereocenters. The fourth-order valence-electron chi connectivity index (χ4n) is 3.06. The molecule has 0 fully saturated rings. The van der Waals surface area contributed by atoms with E-state index in [1.807, 2.05) is 31.5 Å². The van der Waals surface area contributed by atoms with Crippen LogP contribution in [0.2, 0.25) is 0 Å². The molecule has 0 saturated carbocycles. The number of aryl methyl sites for hydroxylation is 1. The smallest absolute Gasteiger partial charge is 0.218 e. The highest BCUT2D eigenvalue weighted by molar-refractivity contribution is 5.80. The van der Waals surface area contributed by atoms with Gasteiger partial charge in [0.2, 0.25) is 11.8 Å². The second kappa shape index (κ2) is 7.64. The van der Waals surface area contributed by atoms with Crippen LogP contribution < -0.4 is 10.1 Å². The Morgan fingerprint density at radius 3 is 2.86 bits per heavy atom. The summed E-state index contributed by atoms with van der Waals surface area (Å²) >= 11 is 0. The Kier molecular flexibility index (Phi) is 4.89. The number of halogens is 1. The van der Waals surface area contributed by atoms with Gasteiger partial charge in [-0.3, -0.25) is 0 Å². The summed E-state index contributed by atoms with van der Waals surface area (Å²) in [5.41, 5.74) is 4.18. The number of anilines is 1. The Hall–Kier alpha value is -3.48. The Morgan fingerprint density at radius 1 is 1.14 bits per heavy atom. The summed E-state index contributed by atoms with van der Waals surface area (Å²) in [5, 5.41) is 4.10. The summed E-state index contributed by atoms with van der Waals surface area (Å²) in [6.07, 6.45) is 4.13. The molecule has 0 spiro atoms. The maximum absolute atomic E-state index is 14.6. The van der Waals surface area contributed by atoms with Crippen LogP contribution in [0.4, 0.5) is 10.2 Å². The van der Waals surface area contributed by atoms with Crippen LogP contribution in [0.5, 0.6) is 5.88 Å². The van der Waals surface area contributed by atoms with E-state index in [2.05, 4.69) is 31.3 Å². The number of rotatable bonds is 6. The van der Waals surface area contributed by atoms with Gasteiger partial charge in [-0.2, -0.15) is 4.39 Å². The highest BCUT2D eigenvalue weighted by Crippen LogP contribution is 2.22. The first-order valence-electron chi connectivity index (χ1n) is 8.94. The molecule has 6 nitrogen and oxygen atoms in total. The van der Waals surface area contributed by atoms with Crippen molar-refractivity contribution in [2.45, 2.75) is 19.9 Å². The van der Waals surface area contributed by atoms with E-state index in [1.165, 1.54) is 0 Å². The Balaban J connectivity index is 1.48. The molecule has 0 aliphatic rings. The number of nitrogens with zero attached hydrogens (tertiary/aromatic N) is 3. The fourth-order valence-corrected chi connectivity index (χ4v) is 3.06. The van der Waals surface area contributed by atoms with Crippen LogP contribution in [-0.2, 0) is 13.0 Å². The SMILES string of the molecule is COc1cccc(CNc2ccc(Cc3c[nH]c4ncc(C)cc34)c(F)n2)n1. The molecule has 0 saturated heterocycles. The monoisotopic (exact) mass is 377 g/mol. The number of pyridine rings is 3. The van der Waals surface area contributed by atoms with Crippen molar-refractivity contribution in [1.29, 1.82) is 0 Å². The van der Waals surface area contributed by atoms with Crippen LogP contribution in [0.15, 0.2) is 48.8 Å². The van der Waals surface area contributed by atoms with Gasteiger partial charge >= 0.3 is 0 Å². The van der Waals surface area contributed by atoms with E-state index in [9.17, 15) is 4.39 Å². The number of H-pyrrole nitrogens is 1. The van der Waals surface area contributed by atoms with Gasteiger partial charge in [0, 0.05) is 35.8 Å². The standard InChI is InChI=1S/C21H20FN5O/c1-13-8-17-15(11-25-21(17)24-10-13)9-14-6-7-18(27-20(14)22)23-12-16-4-3-5-19(26-16)28-2/h3-8,10-11H,9,12H2,1-2H3,(H,23,27)(H,24,25). The molecular weight excluding hydrogens is 357 g/mol. The van der Waals surface area contributed by atoms with E-state index in [4.69, 9.17) is 4.74 Å². The van der Waals surface area contributed by atoms with Crippen molar-refractivity contribution < 1.29 is 9.13 Å². The lowest BCUT2D eigenvalue weighted by molar-refractivity contribution is 0.396. The lowest BCUT2D eigenvalue weighted by Gasteiger charge is -2.08. The third kappa shape index (κ3) is 3.78. The molecule has 0 aliphatic heterocycles. The minimum atomic E-state index is -0.487. The minimum Gasteiger partial charge on any atom is -0.481 e. The van der Waals surface area contributed by atoms with Crippen LogP contribution >= 0.6 is 0 Å². The van der Waals surface area contributed by atoms with Crippen molar-refractivity contribution in [3.63, 3.8) is 0 Å². The van der Waals surface area contributed by atoms with Gasteiger partial charge in [-0.1, -0.05) is 12.1 Å². The van der Waals surface area contributed by atoms with Crippen LogP contribution in [-0.4, -0.2) is 27.0 Å². The summed E-state index contributed by atoms with van der Waals surface area (Å²) in [7, 11) is 1.57. The third-order valence-electron chi connectivity index (χ3n) is 4.50. The molecule has 4 rings (SSSR count). The van der Waals surface area contributed by atoms with Crippen molar-refractivity contribution in [2.24, 2.45) is 0 Å². The summed E-state index contributed by atoms with van der Waals surface area (Å²) in [4.78, 5) is 15.8. The van der Waals surface area contributed by atoms with Gasteiger partial charge in [0.15, 0.2) is 0 Å². The van der Waals surface area contributed by atoms with E-state index in [-0.39, 0.29) is 0 Å². The molecule has 4 aromatic heterocycles. The van der Waals surface area contributed by atoms with Gasteiger partial charge in [0.05, 0.1) is 19.3 Å². The number of aromatic nitrogens is 4. The number of nitrogens with one attached hydrogen (secondary N) is 2. The fraction of sp³-hybridized carbons (Fsp3) is 0.190. The largest absolute Gasteiger partial charge is 0.481 e. The predicted molar refractivity (Wildman–Crippen MR) is 106 cm³/mol. The highest BCUT2D eigenvalue weighted by atomic mass is 19.1. The van der Waals surface area contributed by atoms with Gasteiger partial charge in [-0.25, -0.2) is 15.0 Å². The summed E-state index contributed by atoms with van der Waals surface area (Å²) in [6, 6.07) is 11.1. The van der Waals surface area contributed by atoms with E-state index < -0.39 is 5.95 Å². The van der Waals surface area contributed by atoms with E-state index in [1.54, 1.807) is 25.3 Å². The average molecular weight is 377 g/mol. The highest BCUT2D eigenvalue weighted by Gasteiger charge is 2.11. The Morgan fingerprint density at radius 2 is 2.04 bits per heavy atom. The number of fused-ring (bicyclic) bond motifs is 1. The van der Waals surface area contributed by atoms with Crippen molar-refractivity contribution in [3.8, 4) is 5.88 Å². The van der Waals surface area contributed by atoms with Crippen LogP contribution in [0.3, 0.4) is 0 Å². The maximum atomic E-state index is 14.6. The number of hydrogen-bond acceptors (Lipinski definition) is 5. The molecule has 142 valence electrons. The molecule has 28 heavy (non-hydrogen) atoms. The summed E-state index contributed by atoms with van der Waals surface area (Å²) in [5.74, 6) is 0.512. The molecule has 0 atom stereocenters. The second-order valence-electron chi connectivity index (χ2n) is 6.57. The molecule has 0 aliphatic carbocycles. The van der Waals surface area contributed by atoms with E-state index in [0.29, 0.717) is 30.2 Å². The van der Waals surface area contributed by atoms with Crippen LogP contribution in [0, 0.1) is 12.9 Å². The molecule has 0 bridgehead atoms. The van der Waals surface area contributed by atoms with E-state index in [0.717, 1.165) is 27.9 Å². The molecule has 2 N–H and O–H groups in total. The van der Waals surface area contributed by atoms with Crippen LogP contribution in [0.25, 0.3) is 11.0 Å². The van der Waals surface area contributed by atoms with Gasteiger partial charge in [0.25, 0.3) is 0 Å². The van der Waals surface area contributed by atoms with Gasteiger partial charge in [-0.15, -0.1) is 0 Å². The van der Waals surface area contributed by atoms with Gasteiger partial charge < -0.3 is 15.0 Å². The Labute approximate surface area is 161 Å². The zero-order chi connectivity index (χ0) is 19.5. The predicted octanol–water partition coefficient (Wildman–Crippen LogP) is 4.01. The quantitative estimate of drug-likeness (QED) is 0.497. The Bertz CT molecular complexity index is 1120. The molecule has 0 aromatic carbocycles. The van der Waals surface area contributed by atoms with Crippen molar-refractivity contribution in [2.75, 3.05) is 12.4 Å². The first-order chi connectivity index (χ1) is 13.6. The normalized spacial score (nSPS) is 11.0. The maximum Gasteiger partial charge on any atom is 0.218 e. The van der Waals surface area contributed by atoms with Crippen molar-refractivity contribution in [1.82, 2.24) is 19.9 Å². The first kappa shape index (κ1) is 17.9. The molecule has 0 amide bonds. The van der Waals surface area contributed by atoms with Crippen molar-refractivity contribution in [3.05, 3.63) is 77.1 Å². The number of aromatic amines is 1. The average Bonchev–Trinajstić information content (AvgIpc) is 3.10. The zero-order valence-electron chi connectivity index (χ0n) is 15.7. The van der Waals surface area contributed by atoms with Crippen molar-refractivity contribution >= 4 is 16.9 Å². The van der Waals surface area contributed by atoms with Gasteiger partial charge in [0.1, 0.15) is 11.5 Å². The number of methoxy groups -OCH3 is 1. The minimum absolute atomic E-state index is 0.427. The second-order valence-corrected chi connectivity index (χ2v) is 6.57. The zero-order valence-corrected chi connectivity index (χ0v) is 15.7. The molecule has 4 aromatic rings. The summed E-state index contributed by atoms with van der Waals surface area (Å²) in [6.45, 7) is 2.42. The molecule has 0 radical (unpaired) electrons. The van der Waals surface area contributed by atoms with E-state index >= 15 is 0 Å². The lowest BCUT2D eigenvalue weighted by Crippen LogP contribution is -2.06. The van der Waals surface area contributed by atoms with Crippen LogP contribution in [0.1, 0.15) is 22.4 Å². The molecule has 7 heteroatoms. The number of ether oxygens (including phenoxy) is 1. The summed E-state index contributed by atoms with van der Waals surface area (Å²) < 4.78 is 19.7. The topological polar surface area (TPSA) is 75.7 Å². The third-order valence-corrected chi connectivity index (χ3v) is 4.50. The molecule has 4 heterocycles.